The Hall–Kier alpha value is -6.46. The molecule has 0 aliphatic rings. The molecule has 0 aromatic heterocycles. The summed E-state index contributed by atoms with van der Waals surface area (Å²) in [5, 5.41) is 75.1. The standard InChI is InChI=1S/C40H62N10O17S/c1-19(2)11-23(44-38(64)27(16-52)49-36(62)25(13-30(42)55)46-33(59)22(9-10-68-3)43-32(58)21(41)15-51)34(60)47-26(14-31(56)57)37(63)45-24(12-20-7-5-4-6-8-20)35(61)48-28(17-53)39(65)50-29(18-54)40(66)67/h4-8,19,21-29,51-54H,9-18,41H2,1-3H3,(H2,42,55)(H,43,58)(H,44,64)(H,45,63)(H,46,59)(H,47,60)(H,48,61)(H,49,62)(H,50,65)(H,56,57)(H,66,67). The Morgan fingerprint density at radius 2 is 0.926 bits per heavy atom. The lowest BCUT2D eigenvalue weighted by Crippen LogP contribution is -2.61. The van der Waals surface area contributed by atoms with E-state index < -0.39 is 159 Å². The van der Waals surface area contributed by atoms with E-state index in [2.05, 4.69) is 37.2 Å². The van der Waals surface area contributed by atoms with Crippen LogP contribution in [0.15, 0.2) is 30.3 Å². The maximum absolute atomic E-state index is 13.8. The zero-order valence-corrected chi connectivity index (χ0v) is 38.3. The van der Waals surface area contributed by atoms with Crippen molar-refractivity contribution in [3.8, 4) is 0 Å². The second-order valence-electron chi connectivity index (χ2n) is 15.5. The minimum absolute atomic E-state index is 0.0110. The van der Waals surface area contributed by atoms with Crippen molar-refractivity contribution in [3.63, 3.8) is 0 Å². The number of rotatable bonds is 32. The summed E-state index contributed by atoms with van der Waals surface area (Å²) in [5.41, 5.74) is 11.3. The number of nitrogens with two attached hydrogens (primary N) is 2. The van der Waals surface area contributed by atoms with Crippen LogP contribution in [0.1, 0.15) is 45.1 Å². The summed E-state index contributed by atoms with van der Waals surface area (Å²) in [6.45, 7) is -0.729. The van der Waals surface area contributed by atoms with Crippen LogP contribution in [0.25, 0.3) is 0 Å². The van der Waals surface area contributed by atoms with Gasteiger partial charge in [0.1, 0.15) is 54.4 Å². The van der Waals surface area contributed by atoms with Gasteiger partial charge in [0.2, 0.25) is 53.2 Å². The molecule has 1 aromatic carbocycles. The Morgan fingerprint density at radius 1 is 0.529 bits per heavy atom. The summed E-state index contributed by atoms with van der Waals surface area (Å²) in [7, 11) is 0. The summed E-state index contributed by atoms with van der Waals surface area (Å²) in [6, 6.07) is -7.23. The molecular weight excluding hydrogens is 925 g/mol. The summed E-state index contributed by atoms with van der Waals surface area (Å²) in [6.07, 6.45) is -0.686. The van der Waals surface area contributed by atoms with Gasteiger partial charge in [-0.3, -0.25) is 47.9 Å². The third kappa shape index (κ3) is 21.4. The van der Waals surface area contributed by atoms with E-state index >= 15 is 0 Å². The normalized spacial score (nSPS) is 15.0. The Balaban J connectivity index is 3.38. The van der Waals surface area contributed by atoms with E-state index in [0.29, 0.717) is 11.3 Å². The fourth-order valence-corrected chi connectivity index (χ4v) is 6.37. The van der Waals surface area contributed by atoms with E-state index in [0.717, 1.165) is 0 Å². The van der Waals surface area contributed by atoms with Gasteiger partial charge in [0.15, 0.2) is 0 Å². The van der Waals surface area contributed by atoms with Crippen LogP contribution in [0.5, 0.6) is 0 Å². The van der Waals surface area contributed by atoms with Gasteiger partial charge in [-0.05, 0) is 36.3 Å². The summed E-state index contributed by atoms with van der Waals surface area (Å²) < 4.78 is 0. The highest BCUT2D eigenvalue weighted by Gasteiger charge is 2.36. The van der Waals surface area contributed by atoms with E-state index in [1.807, 2.05) is 5.32 Å². The van der Waals surface area contributed by atoms with Gasteiger partial charge >= 0.3 is 11.9 Å². The second-order valence-corrected chi connectivity index (χ2v) is 16.5. The van der Waals surface area contributed by atoms with E-state index in [-0.39, 0.29) is 25.2 Å². The first kappa shape index (κ1) is 59.6. The van der Waals surface area contributed by atoms with Crippen LogP contribution in [0, 0.1) is 5.92 Å². The predicted molar refractivity (Wildman–Crippen MR) is 238 cm³/mol. The summed E-state index contributed by atoms with van der Waals surface area (Å²) in [4.78, 5) is 142. The lowest BCUT2D eigenvalue weighted by atomic mass is 10.0. The molecule has 28 heteroatoms. The number of hydrogen-bond donors (Lipinski definition) is 16. The van der Waals surface area contributed by atoms with Crippen LogP contribution in [0.3, 0.4) is 0 Å². The SMILES string of the molecule is CSCCC(NC(=O)C(N)CO)C(=O)NC(CC(N)=O)C(=O)NC(CO)C(=O)NC(CC(C)C)C(=O)NC(CC(=O)O)C(=O)NC(Cc1ccccc1)C(=O)NC(CO)C(=O)NC(CO)C(=O)O. The van der Waals surface area contributed by atoms with Gasteiger partial charge in [0, 0.05) is 6.42 Å². The van der Waals surface area contributed by atoms with Gasteiger partial charge in [-0.1, -0.05) is 44.2 Å². The van der Waals surface area contributed by atoms with Crippen LogP contribution in [0.4, 0.5) is 0 Å². The number of aliphatic hydroxyl groups excluding tert-OH is 4. The molecule has 1 rings (SSSR count). The molecule has 0 aliphatic carbocycles. The van der Waals surface area contributed by atoms with E-state index in [9.17, 15) is 83.4 Å². The van der Waals surface area contributed by atoms with Gasteiger partial charge in [-0.25, -0.2) is 4.79 Å². The van der Waals surface area contributed by atoms with E-state index in [1.54, 1.807) is 50.4 Å². The first-order valence-electron chi connectivity index (χ1n) is 20.9. The topological polar surface area (TPSA) is 457 Å². The van der Waals surface area contributed by atoms with Gasteiger partial charge in [-0.2, -0.15) is 11.8 Å². The highest BCUT2D eigenvalue weighted by Crippen LogP contribution is 2.10. The van der Waals surface area contributed by atoms with Crippen LogP contribution in [-0.4, -0.2) is 189 Å². The molecule has 0 aliphatic heterocycles. The third-order valence-electron chi connectivity index (χ3n) is 9.51. The van der Waals surface area contributed by atoms with Crippen molar-refractivity contribution < 1.29 is 83.4 Å². The summed E-state index contributed by atoms with van der Waals surface area (Å²) in [5.74, 6) is -13.4. The zero-order chi connectivity index (χ0) is 51.7. The van der Waals surface area contributed by atoms with E-state index in [1.165, 1.54) is 11.8 Å². The number of carbonyl (C=O) groups is 11. The number of nitrogens with one attached hydrogen (secondary N) is 8. The molecule has 1 aromatic rings. The molecule has 0 heterocycles. The van der Waals surface area contributed by atoms with Crippen molar-refractivity contribution in [1.82, 2.24) is 42.5 Å². The lowest BCUT2D eigenvalue weighted by Gasteiger charge is -2.27. The molecule has 380 valence electrons. The molecule has 9 amide bonds. The molecule has 0 bridgehead atoms. The largest absolute Gasteiger partial charge is 0.481 e. The molecule has 27 nitrogen and oxygen atoms in total. The molecular formula is C40H62N10O17S. The lowest BCUT2D eigenvalue weighted by molar-refractivity contribution is -0.143. The molecule has 18 N–H and O–H groups in total. The average molecular weight is 987 g/mol. The van der Waals surface area contributed by atoms with Crippen LogP contribution in [0.2, 0.25) is 0 Å². The van der Waals surface area contributed by atoms with Gasteiger partial charge in [0.25, 0.3) is 0 Å². The molecule has 0 saturated carbocycles. The number of aliphatic hydroxyl groups is 4. The third-order valence-corrected chi connectivity index (χ3v) is 10.2. The number of carboxylic acids is 2. The molecule has 9 unspecified atom stereocenters. The van der Waals surface area contributed by atoms with Gasteiger partial charge in [-0.15, -0.1) is 0 Å². The highest BCUT2D eigenvalue weighted by molar-refractivity contribution is 7.98. The van der Waals surface area contributed by atoms with Crippen molar-refractivity contribution in [2.45, 2.75) is 100 Å². The molecule has 68 heavy (non-hydrogen) atoms. The Kier molecular flexibility index (Phi) is 26.9. The number of primary amides is 1. The number of carboxylic acid groups (broad SMARTS) is 2. The number of hydrogen-bond acceptors (Lipinski definition) is 17. The van der Waals surface area contributed by atoms with Gasteiger partial charge in [0.05, 0.1) is 39.3 Å². The Labute approximate surface area is 394 Å². The second kappa shape index (κ2) is 30.8. The number of amides is 9. The monoisotopic (exact) mass is 986 g/mol. The quantitative estimate of drug-likeness (QED) is 0.0319. The van der Waals surface area contributed by atoms with Crippen molar-refractivity contribution in [2.24, 2.45) is 17.4 Å². The highest BCUT2D eigenvalue weighted by atomic mass is 32.2. The van der Waals surface area contributed by atoms with Crippen LogP contribution < -0.4 is 54.0 Å². The van der Waals surface area contributed by atoms with Crippen molar-refractivity contribution in [2.75, 3.05) is 38.4 Å². The minimum atomic E-state index is -1.95. The van der Waals surface area contributed by atoms with Crippen LogP contribution in [-0.2, 0) is 59.2 Å². The Morgan fingerprint density at radius 3 is 1.37 bits per heavy atom. The number of carbonyl (C=O) groups excluding carboxylic acids is 9. The predicted octanol–water partition coefficient (Wildman–Crippen LogP) is -7.36. The maximum Gasteiger partial charge on any atom is 0.328 e. The number of aliphatic carboxylic acids is 2. The fourth-order valence-electron chi connectivity index (χ4n) is 5.90. The summed E-state index contributed by atoms with van der Waals surface area (Å²) >= 11 is 1.30. The van der Waals surface area contributed by atoms with Gasteiger partial charge < -0.3 is 84.6 Å². The fraction of sp³-hybridized carbons (Fsp3) is 0.575. The first-order valence-corrected chi connectivity index (χ1v) is 22.3. The molecule has 0 fully saturated rings. The first-order chi connectivity index (χ1) is 32.0. The van der Waals surface area contributed by atoms with Crippen molar-refractivity contribution >= 4 is 76.9 Å². The average Bonchev–Trinajstić information content (AvgIpc) is 3.28. The van der Waals surface area contributed by atoms with Crippen LogP contribution >= 0.6 is 11.8 Å². The number of thioether (sulfide) groups is 1. The minimum Gasteiger partial charge on any atom is -0.481 e. The molecule has 9 atom stereocenters. The smallest absolute Gasteiger partial charge is 0.328 e. The number of benzene rings is 1. The molecule has 0 radical (unpaired) electrons. The molecule has 0 spiro atoms. The molecule has 0 saturated heterocycles. The van der Waals surface area contributed by atoms with E-state index in [4.69, 9.17) is 11.5 Å². The Bertz CT molecular complexity index is 1910. The van der Waals surface area contributed by atoms with Crippen molar-refractivity contribution in [1.29, 1.82) is 0 Å². The zero-order valence-electron chi connectivity index (χ0n) is 37.5. The van der Waals surface area contributed by atoms with Crippen molar-refractivity contribution in [3.05, 3.63) is 35.9 Å². The maximum atomic E-state index is 13.8.